The Labute approximate surface area is 78.9 Å². The van der Waals surface area contributed by atoms with Gasteiger partial charge in [0.05, 0.1) is 5.02 Å². The van der Waals surface area contributed by atoms with Crippen molar-refractivity contribution in [3.05, 3.63) is 41.4 Å². The maximum Gasteiger partial charge on any atom is 0.306 e. The van der Waals surface area contributed by atoms with Crippen molar-refractivity contribution in [3.63, 3.8) is 0 Å². The summed E-state index contributed by atoms with van der Waals surface area (Å²) in [5.74, 6) is 0. The minimum Gasteiger partial charge on any atom is -0.325 e. The molecule has 2 aromatic rings. The van der Waals surface area contributed by atoms with Crippen LogP contribution in [0.25, 0.3) is 11.3 Å². The summed E-state index contributed by atoms with van der Waals surface area (Å²) in [4.78, 5) is 0. The fraction of sp³-hybridized carbons (Fsp3) is 0. The fourth-order valence-electron chi connectivity index (χ4n) is 1.05. The minimum absolute atomic E-state index is 0.406. The predicted molar refractivity (Wildman–Crippen MR) is 46.9 cm³/mol. The lowest BCUT2D eigenvalue weighted by Gasteiger charge is -1.96. The van der Waals surface area contributed by atoms with Gasteiger partial charge in [0.2, 0.25) is 0 Å². The van der Waals surface area contributed by atoms with E-state index in [1.54, 1.807) is 24.3 Å². The van der Waals surface area contributed by atoms with E-state index in [4.69, 9.17) is 11.6 Å². The molecule has 2 nitrogen and oxygen atoms in total. The second kappa shape index (κ2) is 3.18. The lowest BCUT2D eigenvalue weighted by atomic mass is 10.1. The Balaban J connectivity index is 2.52. The maximum atomic E-state index is 12.5. The highest BCUT2D eigenvalue weighted by atomic mass is 35.5. The zero-order valence-electron chi connectivity index (χ0n) is 6.50. The highest BCUT2D eigenvalue weighted by molar-refractivity contribution is 6.33. The van der Waals surface area contributed by atoms with Crippen LogP contribution in [0.3, 0.4) is 0 Å². The van der Waals surface area contributed by atoms with Gasteiger partial charge in [0, 0.05) is 11.6 Å². The van der Waals surface area contributed by atoms with E-state index in [1.165, 1.54) is 6.07 Å². The molecule has 0 aliphatic heterocycles. The highest BCUT2D eigenvalue weighted by Gasteiger charge is 2.07. The number of hydrogen-bond donors (Lipinski definition) is 0. The fourth-order valence-corrected chi connectivity index (χ4v) is 1.28. The summed E-state index contributed by atoms with van der Waals surface area (Å²) >= 11 is 5.86. The van der Waals surface area contributed by atoms with Crippen LogP contribution < -0.4 is 0 Å². The van der Waals surface area contributed by atoms with E-state index >= 15 is 0 Å². The first-order chi connectivity index (χ1) is 6.27. The zero-order chi connectivity index (χ0) is 9.26. The van der Waals surface area contributed by atoms with Crippen LogP contribution in [0.4, 0.5) is 4.39 Å². The Morgan fingerprint density at radius 1 is 1.31 bits per heavy atom. The molecule has 0 saturated carbocycles. The third-order valence-corrected chi connectivity index (χ3v) is 1.96. The summed E-state index contributed by atoms with van der Waals surface area (Å²) in [5, 5.41) is 4.04. The summed E-state index contributed by atoms with van der Waals surface area (Å²) in [6.45, 7) is 0. The van der Waals surface area contributed by atoms with Crippen molar-refractivity contribution in [1.82, 2.24) is 5.16 Å². The lowest BCUT2D eigenvalue weighted by Crippen LogP contribution is -1.77. The average molecular weight is 198 g/mol. The Bertz CT molecular complexity index is 427. The standard InChI is InChI=1S/C9H5ClFNO/c10-7-4-2-1-3-6(7)8-5-9(11)13-12-8/h1-5H. The third-order valence-electron chi connectivity index (χ3n) is 1.63. The lowest BCUT2D eigenvalue weighted by molar-refractivity contribution is 0.283. The van der Waals surface area contributed by atoms with Crippen molar-refractivity contribution < 1.29 is 8.91 Å². The van der Waals surface area contributed by atoms with E-state index in [0.29, 0.717) is 16.3 Å². The molecule has 13 heavy (non-hydrogen) atoms. The Hall–Kier alpha value is -1.35. The van der Waals surface area contributed by atoms with E-state index in [2.05, 4.69) is 9.68 Å². The first-order valence-corrected chi connectivity index (χ1v) is 4.02. The van der Waals surface area contributed by atoms with Crippen LogP contribution in [0.2, 0.25) is 5.02 Å². The van der Waals surface area contributed by atoms with Crippen LogP contribution in [0.15, 0.2) is 34.9 Å². The summed E-state index contributed by atoms with van der Waals surface area (Å²) < 4.78 is 16.8. The van der Waals surface area contributed by atoms with Gasteiger partial charge in [-0.3, -0.25) is 0 Å². The summed E-state index contributed by atoms with van der Waals surface area (Å²) in [7, 11) is 0. The molecule has 66 valence electrons. The van der Waals surface area contributed by atoms with Gasteiger partial charge in [-0.05, 0) is 6.07 Å². The maximum absolute atomic E-state index is 12.5. The van der Waals surface area contributed by atoms with Gasteiger partial charge < -0.3 is 4.52 Å². The molecule has 2 rings (SSSR count). The molecular weight excluding hydrogens is 193 g/mol. The Morgan fingerprint density at radius 2 is 2.08 bits per heavy atom. The molecule has 1 aromatic carbocycles. The second-order valence-corrected chi connectivity index (χ2v) is 2.90. The molecule has 0 atom stereocenters. The second-order valence-electron chi connectivity index (χ2n) is 2.50. The van der Waals surface area contributed by atoms with Crippen molar-refractivity contribution in [2.45, 2.75) is 0 Å². The van der Waals surface area contributed by atoms with Gasteiger partial charge in [-0.1, -0.05) is 35.0 Å². The van der Waals surface area contributed by atoms with Gasteiger partial charge in [-0.15, -0.1) is 0 Å². The molecule has 0 fully saturated rings. The number of benzene rings is 1. The van der Waals surface area contributed by atoms with Gasteiger partial charge in [-0.25, -0.2) is 0 Å². The van der Waals surface area contributed by atoms with Crippen LogP contribution in [0.5, 0.6) is 0 Å². The van der Waals surface area contributed by atoms with Crippen LogP contribution >= 0.6 is 11.6 Å². The first-order valence-electron chi connectivity index (χ1n) is 3.64. The van der Waals surface area contributed by atoms with E-state index < -0.39 is 6.01 Å². The molecular formula is C9H5ClFNO. The van der Waals surface area contributed by atoms with Crippen molar-refractivity contribution in [3.8, 4) is 11.3 Å². The molecule has 0 spiro atoms. The van der Waals surface area contributed by atoms with Gasteiger partial charge in [0.25, 0.3) is 0 Å². The van der Waals surface area contributed by atoms with Gasteiger partial charge in [-0.2, -0.15) is 4.39 Å². The minimum atomic E-state index is -0.713. The number of halogens is 2. The third kappa shape index (κ3) is 1.55. The molecule has 1 aromatic heterocycles. The Morgan fingerprint density at radius 3 is 2.69 bits per heavy atom. The number of nitrogens with zero attached hydrogens (tertiary/aromatic N) is 1. The van der Waals surface area contributed by atoms with E-state index in [9.17, 15) is 4.39 Å². The van der Waals surface area contributed by atoms with Gasteiger partial charge in [0.15, 0.2) is 0 Å². The van der Waals surface area contributed by atoms with Crippen molar-refractivity contribution in [2.75, 3.05) is 0 Å². The van der Waals surface area contributed by atoms with E-state index in [-0.39, 0.29) is 0 Å². The largest absolute Gasteiger partial charge is 0.325 e. The average Bonchev–Trinajstić information content (AvgIpc) is 2.53. The van der Waals surface area contributed by atoms with Gasteiger partial charge >= 0.3 is 6.01 Å². The van der Waals surface area contributed by atoms with Crippen molar-refractivity contribution in [1.29, 1.82) is 0 Å². The summed E-state index contributed by atoms with van der Waals surface area (Å²) in [5.41, 5.74) is 1.07. The SMILES string of the molecule is Fc1cc(-c2ccccc2Cl)no1. The van der Waals surface area contributed by atoms with Crippen LogP contribution in [0, 0.1) is 6.01 Å². The molecule has 0 radical (unpaired) electrons. The smallest absolute Gasteiger partial charge is 0.306 e. The predicted octanol–water partition coefficient (Wildman–Crippen LogP) is 3.13. The zero-order valence-corrected chi connectivity index (χ0v) is 7.25. The van der Waals surface area contributed by atoms with Crippen molar-refractivity contribution in [2.24, 2.45) is 0 Å². The van der Waals surface area contributed by atoms with E-state index in [1.807, 2.05) is 0 Å². The van der Waals surface area contributed by atoms with Crippen LogP contribution in [-0.2, 0) is 0 Å². The normalized spacial score (nSPS) is 10.3. The number of hydrogen-bond acceptors (Lipinski definition) is 2. The van der Waals surface area contributed by atoms with Crippen LogP contribution in [0.1, 0.15) is 0 Å². The molecule has 0 amide bonds. The molecule has 0 bridgehead atoms. The number of rotatable bonds is 1. The molecule has 0 N–H and O–H groups in total. The number of aromatic nitrogens is 1. The summed E-state index contributed by atoms with van der Waals surface area (Å²) in [6, 6.07) is 7.54. The monoisotopic (exact) mass is 197 g/mol. The molecule has 0 aliphatic carbocycles. The topological polar surface area (TPSA) is 26.0 Å². The molecule has 0 aliphatic rings. The Kier molecular flexibility index (Phi) is 2.02. The molecule has 0 saturated heterocycles. The quantitative estimate of drug-likeness (QED) is 0.702. The highest BCUT2D eigenvalue weighted by Crippen LogP contribution is 2.26. The van der Waals surface area contributed by atoms with Gasteiger partial charge in [0.1, 0.15) is 5.69 Å². The van der Waals surface area contributed by atoms with Crippen LogP contribution in [-0.4, -0.2) is 5.16 Å². The molecule has 4 heteroatoms. The molecule has 1 heterocycles. The summed E-state index contributed by atoms with van der Waals surface area (Å²) in [6.07, 6.45) is 0. The van der Waals surface area contributed by atoms with E-state index in [0.717, 1.165) is 0 Å². The first kappa shape index (κ1) is 8.26. The van der Waals surface area contributed by atoms with Crippen molar-refractivity contribution >= 4 is 11.6 Å². The molecule has 0 unspecified atom stereocenters.